The maximum absolute atomic E-state index is 15.0. The van der Waals surface area contributed by atoms with E-state index in [9.17, 15) is 14.4 Å². The Morgan fingerprint density at radius 2 is 2.15 bits per heavy atom. The number of halogens is 1. The van der Waals surface area contributed by atoms with Crippen molar-refractivity contribution >= 4 is 29.2 Å². The van der Waals surface area contributed by atoms with E-state index in [1.54, 1.807) is 29.2 Å². The fourth-order valence-corrected chi connectivity index (χ4v) is 3.67. The number of cyclic esters (lactones) is 1. The molecule has 1 fully saturated rings. The van der Waals surface area contributed by atoms with E-state index in [2.05, 4.69) is 5.16 Å². The molecular formula is C22H22FN3O7. The summed E-state index contributed by atoms with van der Waals surface area (Å²) in [7, 11) is 0. The zero-order chi connectivity index (χ0) is 23.4. The summed E-state index contributed by atoms with van der Waals surface area (Å²) in [4.78, 5) is 38.1. The van der Waals surface area contributed by atoms with Gasteiger partial charge < -0.3 is 23.6 Å². The molecule has 1 aromatic heterocycles. The molecule has 2 aromatic rings. The van der Waals surface area contributed by atoms with Gasteiger partial charge in [-0.2, -0.15) is 0 Å². The van der Waals surface area contributed by atoms with Gasteiger partial charge in [-0.05, 0) is 35.3 Å². The number of hydrogen-bond donors (Lipinski definition) is 0. The predicted molar refractivity (Wildman–Crippen MR) is 112 cm³/mol. The lowest BCUT2D eigenvalue weighted by Crippen LogP contribution is -2.38. The lowest BCUT2D eigenvalue weighted by molar-refractivity contribution is -0.150. The summed E-state index contributed by atoms with van der Waals surface area (Å²) in [6, 6.07) is 5.62. The van der Waals surface area contributed by atoms with Crippen LogP contribution in [0.2, 0.25) is 0 Å². The number of rotatable bonds is 7. The first-order valence-corrected chi connectivity index (χ1v) is 10.3. The third-order valence-electron chi connectivity index (χ3n) is 5.34. The van der Waals surface area contributed by atoms with Crippen LogP contribution in [0.25, 0.3) is 5.57 Å². The summed E-state index contributed by atoms with van der Waals surface area (Å²) in [6.07, 6.45) is 3.00. The third kappa shape index (κ3) is 5.13. The van der Waals surface area contributed by atoms with Crippen molar-refractivity contribution in [3.63, 3.8) is 0 Å². The first kappa shape index (κ1) is 22.3. The first-order chi connectivity index (χ1) is 15.9. The molecule has 0 spiro atoms. The van der Waals surface area contributed by atoms with Gasteiger partial charge in [0, 0.05) is 31.6 Å². The molecule has 0 saturated carbocycles. The first-order valence-electron chi connectivity index (χ1n) is 10.3. The van der Waals surface area contributed by atoms with Crippen molar-refractivity contribution in [2.75, 3.05) is 37.8 Å². The fourth-order valence-electron chi connectivity index (χ4n) is 3.67. The van der Waals surface area contributed by atoms with Gasteiger partial charge in [0.1, 0.15) is 31.3 Å². The molecule has 2 aliphatic rings. The summed E-state index contributed by atoms with van der Waals surface area (Å²) in [5.74, 6) is -1.04. The zero-order valence-electron chi connectivity index (χ0n) is 17.9. The largest absolute Gasteiger partial charge is 0.473 e. The standard InChI is InChI=1S/C22H22FN3O7/c1-14(27)30-13-21(28)25-7-4-15(5-8-25)18-3-2-16(10-19(18)23)26-17(12-32-22(26)29)11-31-20-6-9-33-24-20/h2-4,6,9-10,17H,5,7-8,11-13H2,1H3/t17-/m1/s1. The van der Waals surface area contributed by atoms with Gasteiger partial charge >= 0.3 is 12.1 Å². The van der Waals surface area contributed by atoms with E-state index >= 15 is 4.39 Å². The number of aromatic nitrogens is 1. The molecule has 2 amide bonds. The number of carbonyl (C=O) groups is 3. The van der Waals surface area contributed by atoms with Crippen LogP contribution < -0.4 is 9.64 Å². The molecular weight excluding hydrogens is 437 g/mol. The highest BCUT2D eigenvalue weighted by Gasteiger charge is 2.35. The van der Waals surface area contributed by atoms with Crippen LogP contribution in [0.3, 0.4) is 0 Å². The number of amides is 2. The Hall–Kier alpha value is -3.89. The van der Waals surface area contributed by atoms with Crippen molar-refractivity contribution < 1.29 is 37.5 Å². The molecule has 0 aliphatic carbocycles. The van der Waals surface area contributed by atoms with Crippen molar-refractivity contribution in [2.24, 2.45) is 0 Å². The van der Waals surface area contributed by atoms with Crippen LogP contribution in [0.15, 0.2) is 41.1 Å². The number of hydrogen-bond acceptors (Lipinski definition) is 8. The second-order valence-corrected chi connectivity index (χ2v) is 7.51. The quantitative estimate of drug-likeness (QED) is 0.581. The summed E-state index contributed by atoms with van der Waals surface area (Å²) in [6.45, 7) is 1.80. The molecule has 3 heterocycles. The number of benzene rings is 1. The molecule has 0 bridgehead atoms. The number of carbonyl (C=O) groups excluding carboxylic acids is 3. The maximum Gasteiger partial charge on any atom is 0.414 e. The zero-order valence-corrected chi connectivity index (χ0v) is 17.9. The van der Waals surface area contributed by atoms with Crippen molar-refractivity contribution in [1.29, 1.82) is 0 Å². The van der Waals surface area contributed by atoms with Crippen LogP contribution in [0.4, 0.5) is 14.9 Å². The van der Waals surface area contributed by atoms with Crippen LogP contribution in [-0.2, 0) is 19.1 Å². The van der Waals surface area contributed by atoms with Crippen molar-refractivity contribution in [1.82, 2.24) is 10.1 Å². The molecule has 33 heavy (non-hydrogen) atoms. The molecule has 1 saturated heterocycles. The lowest BCUT2D eigenvalue weighted by atomic mass is 9.98. The number of nitrogens with zero attached hydrogens (tertiary/aromatic N) is 3. The Balaban J connectivity index is 1.42. The molecule has 1 aromatic carbocycles. The van der Waals surface area contributed by atoms with E-state index in [1.165, 1.54) is 24.2 Å². The Bertz CT molecular complexity index is 1070. The van der Waals surface area contributed by atoms with E-state index in [0.29, 0.717) is 24.2 Å². The van der Waals surface area contributed by atoms with Crippen molar-refractivity contribution in [2.45, 2.75) is 19.4 Å². The second-order valence-electron chi connectivity index (χ2n) is 7.51. The molecule has 0 unspecified atom stereocenters. The van der Waals surface area contributed by atoms with Gasteiger partial charge in [0.2, 0.25) is 0 Å². The van der Waals surface area contributed by atoms with Crippen LogP contribution in [0, 0.1) is 5.82 Å². The topological polar surface area (TPSA) is 111 Å². The van der Waals surface area contributed by atoms with Crippen LogP contribution in [0.1, 0.15) is 18.9 Å². The maximum atomic E-state index is 15.0. The normalized spacial score (nSPS) is 18.1. The van der Waals surface area contributed by atoms with Crippen LogP contribution in [0.5, 0.6) is 5.88 Å². The lowest BCUT2D eigenvalue weighted by Gasteiger charge is -2.27. The van der Waals surface area contributed by atoms with Crippen LogP contribution in [-0.4, -0.2) is 67.0 Å². The smallest absolute Gasteiger partial charge is 0.414 e. The highest BCUT2D eigenvalue weighted by Crippen LogP contribution is 2.30. The van der Waals surface area contributed by atoms with E-state index in [-0.39, 0.29) is 38.2 Å². The Morgan fingerprint density at radius 1 is 1.30 bits per heavy atom. The van der Waals surface area contributed by atoms with E-state index in [0.717, 1.165) is 5.57 Å². The van der Waals surface area contributed by atoms with E-state index in [4.69, 9.17) is 18.7 Å². The summed E-state index contributed by atoms with van der Waals surface area (Å²) >= 11 is 0. The number of anilines is 1. The highest BCUT2D eigenvalue weighted by molar-refractivity contribution is 5.90. The highest BCUT2D eigenvalue weighted by atomic mass is 19.1. The molecule has 1 atom stereocenters. The van der Waals surface area contributed by atoms with Gasteiger partial charge in [-0.15, -0.1) is 0 Å². The summed E-state index contributed by atoms with van der Waals surface area (Å²) in [5, 5.41) is 3.65. The fraction of sp³-hybridized carbons (Fsp3) is 0.364. The average Bonchev–Trinajstić information content (AvgIpc) is 3.45. The monoisotopic (exact) mass is 459 g/mol. The van der Waals surface area contributed by atoms with Gasteiger partial charge in [-0.3, -0.25) is 14.5 Å². The van der Waals surface area contributed by atoms with Gasteiger partial charge in [-0.25, -0.2) is 9.18 Å². The van der Waals surface area contributed by atoms with Crippen LogP contribution >= 0.6 is 0 Å². The Labute approximate surface area is 188 Å². The number of ether oxygens (including phenoxy) is 3. The van der Waals surface area contributed by atoms with Gasteiger partial charge in [-0.1, -0.05) is 6.08 Å². The third-order valence-corrected chi connectivity index (χ3v) is 5.34. The summed E-state index contributed by atoms with van der Waals surface area (Å²) in [5.41, 5.74) is 1.50. The van der Waals surface area contributed by atoms with E-state index in [1.807, 2.05) is 0 Å². The number of esters is 1. The Kier molecular flexibility index (Phi) is 6.57. The van der Waals surface area contributed by atoms with Crippen molar-refractivity contribution in [3.8, 4) is 5.88 Å². The van der Waals surface area contributed by atoms with Crippen molar-refractivity contribution in [3.05, 3.63) is 48.0 Å². The van der Waals surface area contributed by atoms with Gasteiger partial charge in [0.25, 0.3) is 11.8 Å². The molecule has 4 rings (SSSR count). The predicted octanol–water partition coefficient (Wildman–Crippen LogP) is 2.40. The second kappa shape index (κ2) is 9.72. The minimum atomic E-state index is -0.588. The van der Waals surface area contributed by atoms with E-state index < -0.39 is 23.9 Å². The molecule has 2 aliphatic heterocycles. The minimum absolute atomic E-state index is 0.0996. The molecule has 11 heteroatoms. The van der Waals surface area contributed by atoms with Gasteiger partial charge in [0.05, 0.1) is 5.69 Å². The SMILES string of the molecule is CC(=O)OCC(=O)N1CC=C(c2ccc(N3C(=O)OC[C@H]3COc3ccon3)cc2F)CC1. The molecule has 10 nitrogen and oxygen atoms in total. The summed E-state index contributed by atoms with van der Waals surface area (Å²) < 4.78 is 35.1. The molecule has 0 N–H and O–H groups in total. The average molecular weight is 459 g/mol. The van der Waals surface area contributed by atoms with Gasteiger partial charge in [0.15, 0.2) is 6.61 Å². The molecule has 174 valence electrons. The molecule has 0 radical (unpaired) electrons. The minimum Gasteiger partial charge on any atom is -0.473 e. The Morgan fingerprint density at radius 3 is 2.82 bits per heavy atom.